The number of nitrogens with one attached hydrogen (secondary N) is 2. The molecule has 0 saturated heterocycles. The van der Waals surface area contributed by atoms with Gasteiger partial charge in [0.25, 0.3) is 5.91 Å². The SMILES string of the molecule is O=C(Nc1ccc(NC2CCCCCC2)nc1)c1ccc(F)c(F)c1F. The van der Waals surface area contributed by atoms with Gasteiger partial charge in [-0.25, -0.2) is 18.2 Å². The molecule has 0 aliphatic heterocycles. The highest BCUT2D eigenvalue weighted by molar-refractivity contribution is 6.04. The molecule has 1 aromatic heterocycles. The number of anilines is 2. The second-order valence-corrected chi connectivity index (χ2v) is 6.44. The maximum Gasteiger partial charge on any atom is 0.258 e. The van der Waals surface area contributed by atoms with E-state index in [0.29, 0.717) is 23.6 Å². The first-order valence-electron chi connectivity index (χ1n) is 8.72. The predicted molar refractivity (Wildman–Crippen MR) is 93.6 cm³/mol. The van der Waals surface area contributed by atoms with E-state index in [2.05, 4.69) is 15.6 Å². The van der Waals surface area contributed by atoms with Gasteiger partial charge >= 0.3 is 0 Å². The molecular weight excluding hydrogens is 343 g/mol. The lowest BCUT2D eigenvalue weighted by molar-refractivity contribution is 0.102. The van der Waals surface area contributed by atoms with E-state index < -0.39 is 28.9 Å². The van der Waals surface area contributed by atoms with Crippen molar-refractivity contribution in [2.75, 3.05) is 10.6 Å². The third-order valence-corrected chi connectivity index (χ3v) is 4.51. The molecule has 1 heterocycles. The molecule has 2 N–H and O–H groups in total. The second kappa shape index (κ2) is 8.21. The molecule has 0 atom stereocenters. The van der Waals surface area contributed by atoms with Gasteiger partial charge in [0.2, 0.25) is 0 Å². The van der Waals surface area contributed by atoms with Gasteiger partial charge in [0, 0.05) is 6.04 Å². The topological polar surface area (TPSA) is 54.0 Å². The number of nitrogens with zero attached hydrogens (tertiary/aromatic N) is 1. The van der Waals surface area contributed by atoms with Gasteiger partial charge in [0.15, 0.2) is 17.5 Å². The third kappa shape index (κ3) is 4.33. The monoisotopic (exact) mass is 363 g/mol. The summed E-state index contributed by atoms with van der Waals surface area (Å²) in [6, 6.07) is 5.36. The van der Waals surface area contributed by atoms with Gasteiger partial charge < -0.3 is 10.6 Å². The van der Waals surface area contributed by atoms with Crippen LogP contribution < -0.4 is 10.6 Å². The lowest BCUT2D eigenvalue weighted by Crippen LogP contribution is -2.19. The molecule has 1 aromatic carbocycles. The van der Waals surface area contributed by atoms with Gasteiger partial charge in [-0.1, -0.05) is 25.7 Å². The predicted octanol–water partition coefficient (Wildman–Crippen LogP) is 4.89. The highest BCUT2D eigenvalue weighted by Gasteiger charge is 2.19. The molecule has 26 heavy (non-hydrogen) atoms. The first kappa shape index (κ1) is 18.2. The molecule has 1 aliphatic rings. The van der Waals surface area contributed by atoms with E-state index in [1.165, 1.54) is 31.9 Å². The number of pyridine rings is 1. The van der Waals surface area contributed by atoms with Crippen LogP contribution >= 0.6 is 0 Å². The quantitative estimate of drug-likeness (QED) is 0.601. The minimum absolute atomic E-state index is 0.338. The number of carbonyl (C=O) groups excluding carboxylic acids is 1. The summed E-state index contributed by atoms with van der Waals surface area (Å²) in [6.45, 7) is 0. The molecule has 3 rings (SSSR count). The molecule has 1 saturated carbocycles. The average molecular weight is 363 g/mol. The van der Waals surface area contributed by atoms with Gasteiger partial charge in [-0.05, 0) is 37.1 Å². The number of amides is 1. The maximum absolute atomic E-state index is 13.7. The van der Waals surface area contributed by atoms with Crippen molar-refractivity contribution in [2.24, 2.45) is 0 Å². The van der Waals surface area contributed by atoms with E-state index in [0.717, 1.165) is 18.9 Å². The molecule has 1 aliphatic carbocycles. The summed E-state index contributed by atoms with van der Waals surface area (Å²) in [5.74, 6) is -4.68. The molecular formula is C19H20F3N3O. The fourth-order valence-electron chi connectivity index (χ4n) is 3.09. The van der Waals surface area contributed by atoms with E-state index in [4.69, 9.17) is 0 Å². The van der Waals surface area contributed by atoms with Crippen LogP contribution in [0.4, 0.5) is 24.7 Å². The van der Waals surface area contributed by atoms with Crippen molar-refractivity contribution in [3.05, 3.63) is 53.5 Å². The van der Waals surface area contributed by atoms with Crippen LogP contribution in [-0.2, 0) is 0 Å². The molecule has 4 nitrogen and oxygen atoms in total. The lowest BCUT2D eigenvalue weighted by Gasteiger charge is -2.17. The lowest BCUT2D eigenvalue weighted by atomic mass is 10.1. The third-order valence-electron chi connectivity index (χ3n) is 4.51. The largest absolute Gasteiger partial charge is 0.367 e. The first-order valence-corrected chi connectivity index (χ1v) is 8.72. The van der Waals surface area contributed by atoms with Gasteiger partial charge in [-0.3, -0.25) is 4.79 Å². The summed E-state index contributed by atoms with van der Waals surface area (Å²) in [6.07, 6.45) is 8.57. The summed E-state index contributed by atoms with van der Waals surface area (Å²) in [7, 11) is 0. The maximum atomic E-state index is 13.7. The van der Waals surface area contributed by atoms with E-state index >= 15 is 0 Å². The first-order chi connectivity index (χ1) is 12.5. The smallest absolute Gasteiger partial charge is 0.258 e. The van der Waals surface area contributed by atoms with Gasteiger partial charge in [0.05, 0.1) is 17.4 Å². The summed E-state index contributed by atoms with van der Waals surface area (Å²) < 4.78 is 39.9. The highest BCUT2D eigenvalue weighted by Crippen LogP contribution is 2.21. The fraction of sp³-hybridized carbons (Fsp3) is 0.368. The highest BCUT2D eigenvalue weighted by atomic mass is 19.2. The number of aromatic nitrogens is 1. The van der Waals surface area contributed by atoms with Crippen LogP contribution in [0.25, 0.3) is 0 Å². The van der Waals surface area contributed by atoms with Crippen molar-refractivity contribution in [1.82, 2.24) is 4.98 Å². The van der Waals surface area contributed by atoms with E-state index in [-0.39, 0.29) is 0 Å². The molecule has 0 bridgehead atoms. The fourth-order valence-corrected chi connectivity index (χ4v) is 3.09. The van der Waals surface area contributed by atoms with Crippen molar-refractivity contribution in [2.45, 2.75) is 44.6 Å². The molecule has 1 amide bonds. The van der Waals surface area contributed by atoms with Crippen LogP contribution in [0.15, 0.2) is 30.5 Å². The second-order valence-electron chi connectivity index (χ2n) is 6.44. The summed E-state index contributed by atoms with van der Waals surface area (Å²) in [5.41, 5.74) is -0.227. The Hall–Kier alpha value is -2.57. The Morgan fingerprint density at radius 2 is 1.69 bits per heavy atom. The van der Waals surface area contributed by atoms with Crippen LogP contribution in [-0.4, -0.2) is 16.9 Å². The van der Waals surface area contributed by atoms with E-state index in [9.17, 15) is 18.0 Å². The molecule has 0 spiro atoms. The van der Waals surface area contributed by atoms with Crippen LogP contribution in [0, 0.1) is 17.5 Å². The summed E-state index contributed by atoms with van der Waals surface area (Å²) in [5, 5.41) is 5.81. The van der Waals surface area contributed by atoms with Gasteiger partial charge in [-0.15, -0.1) is 0 Å². The van der Waals surface area contributed by atoms with Crippen molar-refractivity contribution in [1.29, 1.82) is 0 Å². The molecule has 0 radical (unpaired) electrons. The van der Waals surface area contributed by atoms with Crippen molar-refractivity contribution in [3.8, 4) is 0 Å². The van der Waals surface area contributed by atoms with Gasteiger partial charge in [0.1, 0.15) is 5.82 Å². The average Bonchev–Trinajstić information content (AvgIpc) is 2.90. The van der Waals surface area contributed by atoms with Gasteiger partial charge in [-0.2, -0.15) is 0 Å². The number of rotatable bonds is 4. The van der Waals surface area contributed by atoms with Crippen molar-refractivity contribution < 1.29 is 18.0 Å². The Balaban J connectivity index is 1.63. The Kier molecular flexibility index (Phi) is 5.75. The Morgan fingerprint density at radius 3 is 2.35 bits per heavy atom. The number of carbonyl (C=O) groups is 1. The zero-order valence-electron chi connectivity index (χ0n) is 14.2. The number of hydrogen-bond acceptors (Lipinski definition) is 3. The molecule has 7 heteroatoms. The standard InChI is InChI=1S/C19H20F3N3O/c20-15-9-8-14(17(21)18(15)22)19(26)25-13-7-10-16(23-11-13)24-12-5-3-1-2-4-6-12/h7-12H,1-6H2,(H,23,24)(H,25,26). The minimum atomic E-state index is -1.67. The van der Waals surface area contributed by atoms with Crippen molar-refractivity contribution >= 4 is 17.4 Å². The molecule has 138 valence electrons. The summed E-state index contributed by atoms with van der Waals surface area (Å²) >= 11 is 0. The Morgan fingerprint density at radius 1 is 0.962 bits per heavy atom. The molecule has 0 unspecified atom stereocenters. The molecule has 2 aromatic rings. The Labute approximate surface area is 149 Å². The normalized spacial score (nSPS) is 15.3. The van der Waals surface area contributed by atoms with Crippen molar-refractivity contribution in [3.63, 3.8) is 0 Å². The molecule has 1 fully saturated rings. The van der Waals surface area contributed by atoms with Crippen LogP contribution in [0.5, 0.6) is 0 Å². The number of hydrogen-bond donors (Lipinski definition) is 2. The van der Waals surface area contributed by atoms with Crippen LogP contribution in [0.3, 0.4) is 0 Å². The zero-order chi connectivity index (χ0) is 18.5. The number of halogens is 3. The van der Waals surface area contributed by atoms with E-state index in [1.54, 1.807) is 12.1 Å². The van der Waals surface area contributed by atoms with Crippen LogP contribution in [0.2, 0.25) is 0 Å². The van der Waals surface area contributed by atoms with E-state index in [1.807, 2.05) is 0 Å². The minimum Gasteiger partial charge on any atom is -0.367 e. The number of benzene rings is 1. The van der Waals surface area contributed by atoms with Crippen LogP contribution in [0.1, 0.15) is 48.9 Å². The Bertz CT molecular complexity index is 772. The zero-order valence-corrected chi connectivity index (χ0v) is 14.2. The summed E-state index contributed by atoms with van der Waals surface area (Å²) in [4.78, 5) is 16.3.